The molecule has 1 aliphatic heterocycles. The molecule has 3 heteroatoms. The first-order valence-corrected chi connectivity index (χ1v) is 6.55. The molecule has 0 atom stereocenters. The summed E-state index contributed by atoms with van der Waals surface area (Å²) in [6, 6.07) is 9.93. The summed E-state index contributed by atoms with van der Waals surface area (Å²) in [4.78, 5) is 11.1. The average molecular weight is 270 g/mol. The van der Waals surface area contributed by atoms with Crippen molar-refractivity contribution in [3.63, 3.8) is 0 Å². The standard InChI is InChI=1S/C17H15FO2/c1-17(2)9-13-7-11(4-6-16(13)20-17)15-8-14(18)5-3-12(15)10-19/h3-8,10H,9H2,1-2H3. The van der Waals surface area contributed by atoms with E-state index in [0.29, 0.717) is 11.1 Å². The highest BCUT2D eigenvalue weighted by Gasteiger charge is 2.30. The van der Waals surface area contributed by atoms with E-state index in [4.69, 9.17) is 4.74 Å². The molecule has 2 aromatic carbocycles. The van der Waals surface area contributed by atoms with Crippen LogP contribution in [0.15, 0.2) is 36.4 Å². The van der Waals surface area contributed by atoms with E-state index in [1.54, 1.807) is 0 Å². The molecular formula is C17H15FO2. The molecule has 0 saturated heterocycles. The molecule has 3 rings (SSSR count). The van der Waals surface area contributed by atoms with Crippen LogP contribution in [0.25, 0.3) is 11.1 Å². The van der Waals surface area contributed by atoms with Crippen molar-refractivity contribution in [2.24, 2.45) is 0 Å². The maximum absolute atomic E-state index is 13.4. The zero-order chi connectivity index (χ0) is 14.3. The molecule has 2 nitrogen and oxygen atoms in total. The Kier molecular flexibility index (Phi) is 2.85. The van der Waals surface area contributed by atoms with Crippen LogP contribution in [-0.4, -0.2) is 11.9 Å². The van der Waals surface area contributed by atoms with Gasteiger partial charge in [-0.1, -0.05) is 6.07 Å². The van der Waals surface area contributed by atoms with E-state index in [1.165, 1.54) is 18.2 Å². The van der Waals surface area contributed by atoms with Gasteiger partial charge in [-0.2, -0.15) is 0 Å². The van der Waals surface area contributed by atoms with Crippen molar-refractivity contribution in [1.82, 2.24) is 0 Å². The van der Waals surface area contributed by atoms with Gasteiger partial charge >= 0.3 is 0 Å². The Bertz CT molecular complexity index is 689. The van der Waals surface area contributed by atoms with Gasteiger partial charge < -0.3 is 4.74 Å². The first-order valence-electron chi connectivity index (χ1n) is 6.55. The minimum atomic E-state index is -0.345. The smallest absolute Gasteiger partial charge is 0.150 e. The molecule has 102 valence electrons. The summed E-state index contributed by atoms with van der Waals surface area (Å²) < 4.78 is 19.2. The molecule has 0 aromatic heterocycles. The zero-order valence-corrected chi connectivity index (χ0v) is 11.4. The Morgan fingerprint density at radius 3 is 2.75 bits per heavy atom. The summed E-state index contributed by atoms with van der Waals surface area (Å²) >= 11 is 0. The van der Waals surface area contributed by atoms with Gasteiger partial charge in [0.05, 0.1) is 0 Å². The van der Waals surface area contributed by atoms with Crippen LogP contribution in [0.5, 0.6) is 5.75 Å². The Morgan fingerprint density at radius 1 is 1.20 bits per heavy atom. The number of hydrogen-bond acceptors (Lipinski definition) is 2. The van der Waals surface area contributed by atoms with Gasteiger partial charge in [0.1, 0.15) is 17.2 Å². The summed E-state index contributed by atoms with van der Waals surface area (Å²) in [6.07, 6.45) is 1.56. The van der Waals surface area contributed by atoms with Crippen molar-refractivity contribution in [1.29, 1.82) is 0 Å². The molecule has 0 unspecified atom stereocenters. The van der Waals surface area contributed by atoms with Crippen molar-refractivity contribution in [3.05, 3.63) is 53.3 Å². The number of aldehydes is 1. The topological polar surface area (TPSA) is 26.3 Å². The highest BCUT2D eigenvalue weighted by molar-refractivity contribution is 5.87. The molecule has 20 heavy (non-hydrogen) atoms. The van der Waals surface area contributed by atoms with Crippen LogP contribution in [0.1, 0.15) is 29.8 Å². The van der Waals surface area contributed by atoms with Gasteiger partial charge in [0, 0.05) is 12.0 Å². The van der Waals surface area contributed by atoms with E-state index in [0.717, 1.165) is 29.6 Å². The second kappa shape index (κ2) is 4.44. The van der Waals surface area contributed by atoms with Crippen LogP contribution in [0.2, 0.25) is 0 Å². The molecule has 0 amide bonds. The summed E-state index contributed by atoms with van der Waals surface area (Å²) in [7, 11) is 0. The average Bonchev–Trinajstić information content (AvgIpc) is 2.71. The second-order valence-electron chi connectivity index (χ2n) is 5.71. The molecule has 0 bridgehead atoms. The molecule has 0 aliphatic carbocycles. The van der Waals surface area contributed by atoms with Crippen molar-refractivity contribution in [2.45, 2.75) is 25.9 Å². The number of benzene rings is 2. The lowest BCUT2D eigenvalue weighted by molar-refractivity contribution is 0.112. The molecule has 0 saturated carbocycles. The molecule has 1 heterocycles. The maximum atomic E-state index is 13.4. The largest absolute Gasteiger partial charge is 0.487 e. The predicted molar refractivity (Wildman–Crippen MR) is 75.6 cm³/mol. The zero-order valence-electron chi connectivity index (χ0n) is 11.4. The van der Waals surface area contributed by atoms with Gasteiger partial charge in [-0.15, -0.1) is 0 Å². The van der Waals surface area contributed by atoms with Gasteiger partial charge in [-0.05, 0) is 60.9 Å². The van der Waals surface area contributed by atoms with E-state index in [9.17, 15) is 9.18 Å². The second-order valence-corrected chi connectivity index (χ2v) is 5.71. The molecule has 1 aliphatic rings. The lowest BCUT2D eigenvalue weighted by atomic mass is 9.95. The third-order valence-corrected chi connectivity index (χ3v) is 3.52. The number of rotatable bonds is 2. The summed E-state index contributed by atoms with van der Waals surface area (Å²) in [6.45, 7) is 4.07. The molecular weight excluding hydrogens is 255 g/mol. The summed E-state index contributed by atoms with van der Waals surface area (Å²) in [5.41, 5.74) is 2.83. The highest BCUT2D eigenvalue weighted by atomic mass is 19.1. The number of halogens is 1. The molecule has 0 spiro atoms. The van der Waals surface area contributed by atoms with E-state index in [-0.39, 0.29) is 11.4 Å². The van der Waals surface area contributed by atoms with Gasteiger partial charge in [-0.25, -0.2) is 4.39 Å². The van der Waals surface area contributed by atoms with E-state index >= 15 is 0 Å². The van der Waals surface area contributed by atoms with Gasteiger partial charge in [0.2, 0.25) is 0 Å². The lowest BCUT2D eigenvalue weighted by Crippen LogP contribution is -2.24. The van der Waals surface area contributed by atoms with Crippen molar-refractivity contribution >= 4 is 6.29 Å². The van der Waals surface area contributed by atoms with Crippen LogP contribution >= 0.6 is 0 Å². The van der Waals surface area contributed by atoms with E-state index in [1.807, 2.05) is 32.0 Å². The fraction of sp³-hybridized carbons (Fsp3) is 0.235. The predicted octanol–water partition coefficient (Wildman–Crippen LogP) is 4.02. The normalized spacial score (nSPS) is 15.6. The minimum absolute atomic E-state index is 0.212. The van der Waals surface area contributed by atoms with Crippen molar-refractivity contribution < 1.29 is 13.9 Å². The van der Waals surface area contributed by atoms with Crippen LogP contribution in [0, 0.1) is 5.82 Å². The Labute approximate surface area is 117 Å². The van der Waals surface area contributed by atoms with E-state index < -0.39 is 0 Å². The summed E-state index contributed by atoms with van der Waals surface area (Å²) in [5.74, 6) is 0.519. The number of fused-ring (bicyclic) bond motifs is 1. The van der Waals surface area contributed by atoms with Gasteiger partial charge in [0.25, 0.3) is 0 Å². The SMILES string of the molecule is CC1(C)Cc2cc(-c3cc(F)ccc3C=O)ccc2O1. The van der Waals surface area contributed by atoms with Crippen LogP contribution in [0.4, 0.5) is 4.39 Å². The Hall–Kier alpha value is -2.16. The van der Waals surface area contributed by atoms with Crippen molar-refractivity contribution in [3.8, 4) is 16.9 Å². The Morgan fingerprint density at radius 2 is 2.00 bits per heavy atom. The molecule has 0 radical (unpaired) electrons. The van der Waals surface area contributed by atoms with Gasteiger partial charge in [-0.3, -0.25) is 4.79 Å². The van der Waals surface area contributed by atoms with Gasteiger partial charge in [0.15, 0.2) is 6.29 Å². The first-order chi connectivity index (χ1) is 9.48. The fourth-order valence-electron chi connectivity index (χ4n) is 2.66. The van der Waals surface area contributed by atoms with Crippen molar-refractivity contribution in [2.75, 3.05) is 0 Å². The van der Waals surface area contributed by atoms with E-state index in [2.05, 4.69) is 0 Å². The third-order valence-electron chi connectivity index (χ3n) is 3.52. The highest BCUT2D eigenvalue weighted by Crippen LogP contribution is 2.37. The number of carbonyl (C=O) groups excluding carboxylic acids is 1. The number of carbonyl (C=O) groups is 1. The Balaban J connectivity index is 2.09. The first kappa shape index (κ1) is 12.9. The van der Waals surface area contributed by atoms with Crippen LogP contribution in [0.3, 0.4) is 0 Å². The quantitative estimate of drug-likeness (QED) is 0.770. The number of hydrogen-bond donors (Lipinski definition) is 0. The maximum Gasteiger partial charge on any atom is 0.150 e. The molecule has 2 aromatic rings. The number of ether oxygens (including phenoxy) is 1. The van der Waals surface area contributed by atoms with Crippen LogP contribution in [-0.2, 0) is 6.42 Å². The molecule has 0 N–H and O–H groups in total. The minimum Gasteiger partial charge on any atom is -0.487 e. The fourth-order valence-corrected chi connectivity index (χ4v) is 2.66. The molecule has 0 fully saturated rings. The van der Waals surface area contributed by atoms with Crippen LogP contribution < -0.4 is 4.74 Å². The lowest BCUT2D eigenvalue weighted by Gasteiger charge is -2.16. The monoisotopic (exact) mass is 270 g/mol. The summed E-state index contributed by atoms with van der Waals surface area (Å²) in [5, 5.41) is 0. The third kappa shape index (κ3) is 2.20.